The van der Waals surface area contributed by atoms with Crippen LogP contribution in [0.3, 0.4) is 0 Å². The van der Waals surface area contributed by atoms with Crippen LogP contribution in [0.25, 0.3) is 5.69 Å². The van der Waals surface area contributed by atoms with E-state index in [1.54, 1.807) is 41.1 Å². The second-order valence-electron chi connectivity index (χ2n) is 6.30. The molecule has 0 unspecified atom stereocenters. The molecule has 2 heterocycles. The molecular formula is C18H17ClN6O3. The monoisotopic (exact) mass is 400 g/mol. The minimum absolute atomic E-state index is 0.0274. The number of rotatable bonds is 5. The van der Waals surface area contributed by atoms with Crippen molar-refractivity contribution in [2.24, 2.45) is 0 Å². The Hall–Kier alpha value is -2.88. The molecule has 144 valence electrons. The summed E-state index contributed by atoms with van der Waals surface area (Å²) in [4.78, 5) is 13.4. The van der Waals surface area contributed by atoms with E-state index in [0.717, 1.165) is 0 Å². The van der Waals surface area contributed by atoms with Crippen LogP contribution in [-0.4, -0.2) is 56.3 Å². The summed E-state index contributed by atoms with van der Waals surface area (Å²) in [6, 6.07) is 13.3. The van der Waals surface area contributed by atoms with Gasteiger partial charge in [-0.1, -0.05) is 35.9 Å². The summed E-state index contributed by atoms with van der Waals surface area (Å²) >= 11 is 6.13. The van der Waals surface area contributed by atoms with Crippen molar-refractivity contribution in [2.45, 2.75) is 6.04 Å². The zero-order chi connectivity index (χ0) is 19.5. The Morgan fingerprint density at radius 2 is 1.93 bits per heavy atom. The lowest BCUT2D eigenvalue weighted by atomic mass is 10.0. The predicted molar refractivity (Wildman–Crippen MR) is 101 cm³/mol. The Labute approximate surface area is 165 Å². The Kier molecular flexibility index (Phi) is 5.29. The molecule has 0 bridgehead atoms. The second kappa shape index (κ2) is 8.01. The van der Waals surface area contributed by atoms with Crippen molar-refractivity contribution in [1.82, 2.24) is 25.1 Å². The predicted octanol–water partition coefficient (Wildman–Crippen LogP) is 2.65. The third-order valence-electron chi connectivity index (χ3n) is 4.63. The van der Waals surface area contributed by atoms with E-state index in [2.05, 4.69) is 20.4 Å². The highest BCUT2D eigenvalue weighted by atomic mass is 35.5. The number of nitrogens with zero attached hydrogens (tertiary/aromatic N) is 6. The zero-order valence-corrected chi connectivity index (χ0v) is 15.6. The molecule has 1 aliphatic heterocycles. The molecule has 0 spiro atoms. The lowest BCUT2D eigenvalue weighted by molar-refractivity contribution is -0.385. The molecule has 1 fully saturated rings. The van der Waals surface area contributed by atoms with Gasteiger partial charge in [0.05, 0.1) is 29.4 Å². The molecule has 1 atom stereocenters. The van der Waals surface area contributed by atoms with Crippen LogP contribution < -0.4 is 0 Å². The van der Waals surface area contributed by atoms with Gasteiger partial charge in [0.1, 0.15) is 6.04 Å². The van der Waals surface area contributed by atoms with Crippen LogP contribution in [0.15, 0.2) is 48.5 Å². The molecular weight excluding hydrogens is 384 g/mol. The van der Waals surface area contributed by atoms with Gasteiger partial charge in [0.2, 0.25) is 0 Å². The topological polar surface area (TPSA) is 99.2 Å². The van der Waals surface area contributed by atoms with E-state index < -0.39 is 6.04 Å². The number of morpholine rings is 1. The third-order valence-corrected chi connectivity index (χ3v) is 4.86. The first-order chi connectivity index (χ1) is 13.6. The number of ether oxygens (including phenoxy) is 1. The maximum absolute atomic E-state index is 11.7. The van der Waals surface area contributed by atoms with Crippen molar-refractivity contribution in [2.75, 3.05) is 26.3 Å². The van der Waals surface area contributed by atoms with Gasteiger partial charge >= 0.3 is 0 Å². The van der Waals surface area contributed by atoms with Crippen LogP contribution in [0.4, 0.5) is 5.69 Å². The number of aromatic nitrogens is 4. The molecule has 10 heteroatoms. The lowest BCUT2D eigenvalue weighted by Gasteiger charge is -2.33. The van der Waals surface area contributed by atoms with Gasteiger partial charge in [-0.2, -0.15) is 4.68 Å². The maximum atomic E-state index is 11.7. The summed E-state index contributed by atoms with van der Waals surface area (Å²) in [6.45, 7) is 2.30. The molecule has 4 rings (SSSR count). The van der Waals surface area contributed by atoms with Gasteiger partial charge in [0.25, 0.3) is 5.69 Å². The summed E-state index contributed by atoms with van der Waals surface area (Å²) in [5, 5.41) is 24.4. The van der Waals surface area contributed by atoms with Crippen LogP contribution >= 0.6 is 11.6 Å². The number of halogens is 1. The van der Waals surface area contributed by atoms with E-state index >= 15 is 0 Å². The Morgan fingerprint density at radius 1 is 1.14 bits per heavy atom. The number of hydrogen-bond donors (Lipinski definition) is 0. The van der Waals surface area contributed by atoms with Gasteiger partial charge in [0, 0.05) is 24.2 Å². The van der Waals surface area contributed by atoms with Gasteiger partial charge in [-0.05, 0) is 28.6 Å². The molecule has 3 aromatic rings. The van der Waals surface area contributed by atoms with Gasteiger partial charge in [-0.25, -0.2) is 0 Å². The quantitative estimate of drug-likeness (QED) is 0.479. The first-order valence-electron chi connectivity index (χ1n) is 8.74. The molecule has 1 saturated heterocycles. The van der Waals surface area contributed by atoms with Gasteiger partial charge in [0.15, 0.2) is 5.82 Å². The fraction of sp³-hybridized carbons (Fsp3) is 0.278. The number of tetrazole rings is 1. The number of para-hydroxylation sites is 1. The van der Waals surface area contributed by atoms with Crippen LogP contribution in [0.2, 0.25) is 5.02 Å². The van der Waals surface area contributed by atoms with Crippen molar-refractivity contribution in [1.29, 1.82) is 0 Å². The largest absolute Gasteiger partial charge is 0.379 e. The maximum Gasteiger partial charge on any atom is 0.274 e. The first-order valence-corrected chi connectivity index (χ1v) is 9.12. The van der Waals surface area contributed by atoms with Crippen molar-refractivity contribution < 1.29 is 9.66 Å². The first kappa shape index (κ1) is 18.5. The summed E-state index contributed by atoms with van der Waals surface area (Å²) in [7, 11) is 0. The number of nitro benzene ring substituents is 1. The van der Waals surface area contributed by atoms with Crippen molar-refractivity contribution in [3.63, 3.8) is 0 Å². The molecule has 28 heavy (non-hydrogen) atoms. The summed E-state index contributed by atoms with van der Waals surface area (Å²) in [6.07, 6.45) is 0. The molecule has 9 nitrogen and oxygen atoms in total. The average molecular weight is 401 g/mol. The van der Waals surface area contributed by atoms with Crippen LogP contribution in [0.1, 0.15) is 17.4 Å². The molecule has 1 aromatic heterocycles. The molecule has 1 aliphatic rings. The van der Waals surface area contributed by atoms with E-state index in [-0.39, 0.29) is 10.6 Å². The van der Waals surface area contributed by atoms with Crippen LogP contribution in [0.5, 0.6) is 0 Å². The minimum Gasteiger partial charge on any atom is -0.379 e. The highest BCUT2D eigenvalue weighted by Gasteiger charge is 2.34. The molecule has 0 amide bonds. The van der Waals surface area contributed by atoms with E-state index in [4.69, 9.17) is 16.3 Å². The van der Waals surface area contributed by atoms with E-state index in [9.17, 15) is 10.1 Å². The fourth-order valence-electron chi connectivity index (χ4n) is 3.38. The number of nitro groups is 1. The molecule has 0 radical (unpaired) electrons. The third kappa shape index (κ3) is 3.59. The molecule has 0 aliphatic carbocycles. The standard InChI is InChI=1S/C18H17ClN6O3/c19-13-4-3-5-14(12-13)24-18(20-21-22-24)17(23-8-10-28-11-9-23)15-6-1-2-7-16(15)25(26)27/h1-7,12,17H,8-11H2/t17-/m1/s1. The number of hydrogen-bond acceptors (Lipinski definition) is 7. The van der Waals surface area contributed by atoms with Gasteiger partial charge in [-0.3, -0.25) is 15.0 Å². The summed E-state index contributed by atoms with van der Waals surface area (Å²) < 4.78 is 7.03. The van der Waals surface area contributed by atoms with E-state index in [0.29, 0.717) is 48.4 Å². The Bertz CT molecular complexity index is 989. The molecule has 2 aromatic carbocycles. The fourth-order valence-corrected chi connectivity index (χ4v) is 3.56. The molecule has 0 N–H and O–H groups in total. The lowest BCUT2D eigenvalue weighted by Crippen LogP contribution is -2.40. The normalized spacial score (nSPS) is 16.0. The van der Waals surface area contributed by atoms with Crippen molar-refractivity contribution >= 4 is 17.3 Å². The Morgan fingerprint density at radius 3 is 2.68 bits per heavy atom. The average Bonchev–Trinajstić information content (AvgIpc) is 3.19. The number of benzene rings is 2. The summed E-state index contributed by atoms with van der Waals surface area (Å²) in [5.41, 5.74) is 1.25. The zero-order valence-electron chi connectivity index (χ0n) is 14.8. The Balaban J connectivity index is 1.87. The van der Waals surface area contributed by atoms with E-state index in [1.807, 2.05) is 6.07 Å². The van der Waals surface area contributed by atoms with Gasteiger partial charge < -0.3 is 4.74 Å². The minimum atomic E-state index is -0.500. The molecule has 0 saturated carbocycles. The van der Waals surface area contributed by atoms with Crippen LogP contribution in [-0.2, 0) is 4.74 Å². The second-order valence-corrected chi connectivity index (χ2v) is 6.73. The SMILES string of the molecule is O=[N+]([O-])c1ccccc1[C@H](c1nnnn1-c1cccc(Cl)c1)N1CCOCC1. The summed E-state index contributed by atoms with van der Waals surface area (Å²) in [5.74, 6) is 0.485. The smallest absolute Gasteiger partial charge is 0.274 e. The van der Waals surface area contributed by atoms with Crippen molar-refractivity contribution in [3.05, 3.63) is 75.1 Å². The van der Waals surface area contributed by atoms with E-state index in [1.165, 1.54) is 6.07 Å². The highest BCUT2D eigenvalue weighted by Crippen LogP contribution is 2.34. The highest BCUT2D eigenvalue weighted by molar-refractivity contribution is 6.30. The van der Waals surface area contributed by atoms with Crippen LogP contribution in [0, 0.1) is 10.1 Å². The van der Waals surface area contributed by atoms with Gasteiger partial charge in [-0.15, -0.1) is 5.10 Å². The van der Waals surface area contributed by atoms with Crippen molar-refractivity contribution in [3.8, 4) is 5.69 Å².